The molecule has 3 aromatic rings. The molecule has 0 unspecified atom stereocenters. The van der Waals surface area contributed by atoms with Crippen LogP contribution in [0.1, 0.15) is 18.4 Å². The summed E-state index contributed by atoms with van der Waals surface area (Å²) >= 11 is 0. The van der Waals surface area contributed by atoms with Gasteiger partial charge in [-0.3, -0.25) is 4.79 Å². The second kappa shape index (κ2) is 8.31. The number of rotatable bonds is 5. The summed E-state index contributed by atoms with van der Waals surface area (Å²) in [6, 6.07) is 14.9. The van der Waals surface area contributed by atoms with E-state index in [0.29, 0.717) is 5.75 Å². The van der Waals surface area contributed by atoms with Gasteiger partial charge in [-0.05, 0) is 73.9 Å². The number of carbonyl (C=O) groups is 1. The Kier molecular flexibility index (Phi) is 5.42. The summed E-state index contributed by atoms with van der Waals surface area (Å²) in [5.41, 5.74) is 4.23. The molecule has 1 amide bonds. The lowest BCUT2D eigenvalue weighted by atomic mass is 10.1. The van der Waals surface area contributed by atoms with Crippen LogP contribution in [0, 0.1) is 6.92 Å². The first-order chi connectivity index (χ1) is 14.1. The highest BCUT2D eigenvalue weighted by molar-refractivity contribution is 5.78. The smallest absolute Gasteiger partial charge is 0.260 e. The van der Waals surface area contributed by atoms with E-state index in [1.807, 2.05) is 54.3 Å². The van der Waals surface area contributed by atoms with Crippen LogP contribution in [-0.2, 0) is 4.79 Å². The first-order valence-corrected chi connectivity index (χ1v) is 9.73. The topological polar surface area (TPSA) is 75.5 Å². The van der Waals surface area contributed by atoms with Crippen molar-refractivity contribution < 1.29 is 14.6 Å². The second-order valence-corrected chi connectivity index (χ2v) is 7.19. The van der Waals surface area contributed by atoms with Crippen LogP contribution in [0.2, 0.25) is 0 Å². The average Bonchev–Trinajstić information content (AvgIpc) is 3.29. The van der Waals surface area contributed by atoms with Crippen molar-refractivity contribution in [3.05, 3.63) is 60.4 Å². The Morgan fingerprint density at radius 1 is 1.00 bits per heavy atom. The number of benzene rings is 2. The first-order valence-electron chi connectivity index (χ1n) is 9.73. The lowest BCUT2D eigenvalue weighted by Crippen LogP contribution is -2.32. The fraction of sp³-hybridized carbons (Fsp3) is 0.261. The molecule has 2 heterocycles. The maximum absolute atomic E-state index is 12.1. The molecule has 6 nitrogen and oxygen atoms in total. The normalized spacial score (nSPS) is 13.5. The van der Waals surface area contributed by atoms with Crippen LogP contribution in [0.15, 0.2) is 54.9 Å². The molecule has 1 saturated heterocycles. The number of phenols is 1. The van der Waals surface area contributed by atoms with E-state index in [9.17, 15) is 9.90 Å². The molecule has 29 heavy (non-hydrogen) atoms. The minimum Gasteiger partial charge on any atom is -0.508 e. The van der Waals surface area contributed by atoms with Crippen molar-refractivity contribution in [2.24, 2.45) is 0 Å². The maximum Gasteiger partial charge on any atom is 0.260 e. The first kappa shape index (κ1) is 18.9. The van der Waals surface area contributed by atoms with Gasteiger partial charge in [0.2, 0.25) is 0 Å². The van der Waals surface area contributed by atoms with Crippen LogP contribution in [0.4, 0.5) is 0 Å². The number of aromatic hydroxyl groups is 1. The molecule has 0 atom stereocenters. The third-order valence-corrected chi connectivity index (χ3v) is 5.13. The number of likely N-dealkylation sites (tertiary alicyclic amines) is 1. The van der Waals surface area contributed by atoms with Crippen molar-refractivity contribution in [2.45, 2.75) is 19.8 Å². The highest BCUT2D eigenvalue weighted by Gasteiger charge is 2.18. The number of carbonyl (C=O) groups excluding carboxylic acids is 1. The molecule has 4 rings (SSSR count). The standard InChI is InChI=1S/C23H23N3O3/c1-16-12-18(6-9-22(16)27)21-13-20(24-15-25-21)17-4-7-19(8-5-17)29-14-23(28)26-10-2-3-11-26/h4-9,12-13,15,27H,2-3,10-11,14H2,1H3. The van der Waals surface area contributed by atoms with E-state index >= 15 is 0 Å². The third-order valence-electron chi connectivity index (χ3n) is 5.13. The zero-order valence-electron chi connectivity index (χ0n) is 16.3. The Morgan fingerprint density at radius 3 is 2.34 bits per heavy atom. The summed E-state index contributed by atoms with van der Waals surface area (Å²) in [4.78, 5) is 22.7. The van der Waals surface area contributed by atoms with Gasteiger partial charge in [0.25, 0.3) is 5.91 Å². The molecule has 1 fully saturated rings. The van der Waals surface area contributed by atoms with Crippen molar-refractivity contribution >= 4 is 5.91 Å². The molecule has 1 aliphatic heterocycles. The number of nitrogens with zero attached hydrogens (tertiary/aromatic N) is 3. The van der Waals surface area contributed by atoms with Crippen molar-refractivity contribution in [2.75, 3.05) is 19.7 Å². The number of hydrogen-bond acceptors (Lipinski definition) is 5. The molecule has 0 radical (unpaired) electrons. The largest absolute Gasteiger partial charge is 0.508 e. The second-order valence-electron chi connectivity index (χ2n) is 7.19. The molecule has 1 aliphatic rings. The van der Waals surface area contributed by atoms with Crippen LogP contribution in [-0.4, -0.2) is 45.6 Å². The quantitative estimate of drug-likeness (QED) is 0.718. The van der Waals surface area contributed by atoms with Gasteiger partial charge in [0.15, 0.2) is 6.61 Å². The van der Waals surface area contributed by atoms with Gasteiger partial charge in [-0.25, -0.2) is 9.97 Å². The van der Waals surface area contributed by atoms with Gasteiger partial charge in [0.05, 0.1) is 11.4 Å². The Bertz CT molecular complexity index is 1010. The van der Waals surface area contributed by atoms with Crippen LogP contribution >= 0.6 is 0 Å². The van der Waals surface area contributed by atoms with Gasteiger partial charge in [-0.2, -0.15) is 0 Å². The van der Waals surface area contributed by atoms with Crippen molar-refractivity contribution in [1.29, 1.82) is 0 Å². The van der Waals surface area contributed by atoms with E-state index in [0.717, 1.165) is 54.0 Å². The average molecular weight is 389 g/mol. The number of aryl methyl sites for hydroxylation is 1. The molecular formula is C23H23N3O3. The fourth-order valence-corrected chi connectivity index (χ4v) is 3.41. The fourth-order valence-electron chi connectivity index (χ4n) is 3.41. The van der Waals surface area contributed by atoms with Gasteiger partial charge in [0.1, 0.15) is 17.8 Å². The number of hydrogen-bond donors (Lipinski definition) is 1. The minimum absolute atomic E-state index is 0.0382. The molecule has 0 spiro atoms. The molecule has 148 valence electrons. The highest BCUT2D eigenvalue weighted by Crippen LogP contribution is 2.27. The minimum atomic E-state index is 0.0382. The van der Waals surface area contributed by atoms with Crippen molar-refractivity contribution in [1.82, 2.24) is 14.9 Å². The number of aromatic nitrogens is 2. The van der Waals surface area contributed by atoms with Crippen LogP contribution in [0.25, 0.3) is 22.5 Å². The van der Waals surface area contributed by atoms with Gasteiger partial charge in [-0.1, -0.05) is 0 Å². The molecule has 1 aromatic heterocycles. The van der Waals surface area contributed by atoms with Crippen LogP contribution in [0.3, 0.4) is 0 Å². The van der Waals surface area contributed by atoms with Crippen LogP contribution in [0.5, 0.6) is 11.5 Å². The van der Waals surface area contributed by atoms with E-state index in [1.54, 1.807) is 6.07 Å². The summed E-state index contributed by atoms with van der Waals surface area (Å²) in [5, 5.41) is 9.72. The Hall–Kier alpha value is -3.41. The summed E-state index contributed by atoms with van der Waals surface area (Å²) in [7, 11) is 0. The number of phenolic OH excluding ortho intramolecular Hbond substituents is 1. The van der Waals surface area contributed by atoms with Gasteiger partial charge < -0.3 is 14.7 Å². The summed E-state index contributed by atoms with van der Waals surface area (Å²) in [6.45, 7) is 3.58. The third kappa shape index (κ3) is 4.37. The van der Waals surface area contributed by atoms with Crippen LogP contribution < -0.4 is 4.74 Å². The van der Waals surface area contributed by atoms with E-state index in [1.165, 1.54) is 6.33 Å². The Labute approximate surface area is 169 Å². The SMILES string of the molecule is Cc1cc(-c2cc(-c3ccc(OCC(=O)N4CCCC4)cc3)ncn2)ccc1O. The molecule has 2 aromatic carbocycles. The lowest BCUT2D eigenvalue weighted by molar-refractivity contribution is -0.132. The Morgan fingerprint density at radius 2 is 1.66 bits per heavy atom. The zero-order valence-corrected chi connectivity index (χ0v) is 16.3. The van der Waals surface area contributed by atoms with Gasteiger partial charge in [-0.15, -0.1) is 0 Å². The molecule has 0 aliphatic carbocycles. The zero-order chi connectivity index (χ0) is 20.2. The number of ether oxygens (including phenoxy) is 1. The lowest BCUT2D eigenvalue weighted by Gasteiger charge is -2.15. The monoisotopic (exact) mass is 389 g/mol. The van der Waals surface area contributed by atoms with E-state index in [2.05, 4.69) is 9.97 Å². The van der Waals surface area contributed by atoms with E-state index in [4.69, 9.17) is 4.74 Å². The van der Waals surface area contributed by atoms with Gasteiger partial charge in [0, 0.05) is 24.2 Å². The molecule has 0 saturated carbocycles. The van der Waals surface area contributed by atoms with E-state index in [-0.39, 0.29) is 18.3 Å². The number of amides is 1. The van der Waals surface area contributed by atoms with Gasteiger partial charge >= 0.3 is 0 Å². The molecule has 0 bridgehead atoms. The highest BCUT2D eigenvalue weighted by atomic mass is 16.5. The summed E-state index contributed by atoms with van der Waals surface area (Å²) < 4.78 is 5.64. The molecule has 1 N–H and O–H groups in total. The maximum atomic E-state index is 12.1. The van der Waals surface area contributed by atoms with E-state index < -0.39 is 0 Å². The predicted octanol–water partition coefficient (Wildman–Crippen LogP) is 3.83. The van der Waals surface area contributed by atoms with Crippen molar-refractivity contribution in [3.63, 3.8) is 0 Å². The summed E-state index contributed by atoms with van der Waals surface area (Å²) in [6.07, 6.45) is 3.68. The predicted molar refractivity (Wildman–Crippen MR) is 111 cm³/mol. The molecule has 6 heteroatoms. The Balaban J connectivity index is 1.46. The summed E-state index contributed by atoms with van der Waals surface area (Å²) in [5.74, 6) is 0.961. The van der Waals surface area contributed by atoms with Crippen molar-refractivity contribution in [3.8, 4) is 34.0 Å². The molecular weight excluding hydrogens is 366 g/mol.